The lowest BCUT2D eigenvalue weighted by molar-refractivity contribution is 0.660. The summed E-state index contributed by atoms with van der Waals surface area (Å²) in [5.74, 6) is 0. The van der Waals surface area contributed by atoms with E-state index in [1.54, 1.807) is 0 Å². The first-order valence-corrected chi connectivity index (χ1v) is 24.8. The van der Waals surface area contributed by atoms with Crippen LogP contribution in [0.3, 0.4) is 0 Å². The van der Waals surface area contributed by atoms with E-state index < -0.39 is 0 Å². The van der Waals surface area contributed by atoms with Crippen molar-refractivity contribution >= 4 is 53.5 Å². The van der Waals surface area contributed by atoms with Crippen molar-refractivity contribution in [1.29, 1.82) is 0 Å². The molecule has 0 radical (unpaired) electrons. The second kappa shape index (κ2) is 16.6. The zero-order chi connectivity index (χ0) is 47.8. The van der Waals surface area contributed by atoms with E-state index in [0.717, 1.165) is 33.8 Å². The van der Waals surface area contributed by atoms with Gasteiger partial charge in [0.15, 0.2) is 0 Å². The topological polar surface area (TPSA) is 3.24 Å². The third-order valence-electron chi connectivity index (χ3n) is 15.7. The van der Waals surface area contributed by atoms with E-state index in [1.807, 2.05) is 0 Å². The number of anilines is 3. The Labute approximate surface area is 414 Å². The molecule has 0 atom stereocenters. The standard InChI is InChI=1S/C69H57N/c1-67(2)61-16-10-7-13-55(61)58-43-49(31-40-64(58)67)22-19-46-25-34-52(35-26-46)70(53-36-27-47(28-37-53)20-23-50-32-41-65-59(44-50)56-14-8-11-17-62(56)68(65,3)4)54-38-29-48(30-39-54)21-24-51-33-42-66-60(45-51)57-15-9-12-18-63(57)69(66,5)6/h7-45H,1-6H3/b22-19+,23-20+,24-21+. The van der Waals surface area contributed by atoms with Crippen LogP contribution >= 0.6 is 0 Å². The van der Waals surface area contributed by atoms with Crippen molar-refractivity contribution in [2.45, 2.75) is 57.8 Å². The van der Waals surface area contributed by atoms with E-state index in [0.29, 0.717) is 0 Å². The molecule has 9 aromatic rings. The van der Waals surface area contributed by atoms with Crippen molar-refractivity contribution in [3.63, 3.8) is 0 Å². The zero-order valence-electron chi connectivity index (χ0n) is 41.0. The van der Waals surface area contributed by atoms with Gasteiger partial charge < -0.3 is 4.90 Å². The number of rotatable bonds is 9. The second-order valence-electron chi connectivity index (χ2n) is 21.0. The highest BCUT2D eigenvalue weighted by molar-refractivity contribution is 5.87. The van der Waals surface area contributed by atoms with Gasteiger partial charge >= 0.3 is 0 Å². The molecule has 338 valence electrons. The molecule has 3 aliphatic carbocycles. The fraction of sp³-hybridized carbons (Fsp3) is 0.130. The molecular formula is C69H57N. The third-order valence-corrected chi connectivity index (χ3v) is 15.7. The van der Waals surface area contributed by atoms with Crippen molar-refractivity contribution in [3.8, 4) is 33.4 Å². The van der Waals surface area contributed by atoms with E-state index in [9.17, 15) is 0 Å². The van der Waals surface area contributed by atoms with Gasteiger partial charge in [-0.15, -0.1) is 0 Å². The van der Waals surface area contributed by atoms with Crippen LogP contribution in [-0.2, 0) is 16.2 Å². The summed E-state index contributed by atoms with van der Waals surface area (Å²) in [5.41, 5.74) is 26.9. The maximum Gasteiger partial charge on any atom is 0.0462 e. The molecule has 0 saturated heterocycles. The van der Waals surface area contributed by atoms with E-state index in [2.05, 4.69) is 283 Å². The van der Waals surface area contributed by atoms with Gasteiger partial charge in [0, 0.05) is 33.3 Å². The minimum atomic E-state index is 0.00600. The van der Waals surface area contributed by atoms with E-state index in [4.69, 9.17) is 0 Å². The summed E-state index contributed by atoms with van der Waals surface area (Å²) < 4.78 is 0. The second-order valence-corrected chi connectivity index (χ2v) is 21.0. The Hall–Kier alpha value is -8.00. The van der Waals surface area contributed by atoms with Gasteiger partial charge in [-0.1, -0.05) is 224 Å². The molecule has 70 heavy (non-hydrogen) atoms. The Kier molecular flexibility index (Phi) is 10.3. The van der Waals surface area contributed by atoms with Gasteiger partial charge in [0.2, 0.25) is 0 Å². The maximum atomic E-state index is 2.35. The third kappa shape index (κ3) is 7.31. The van der Waals surface area contributed by atoms with Crippen LogP contribution < -0.4 is 4.90 Å². The monoisotopic (exact) mass is 899 g/mol. The van der Waals surface area contributed by atoms with E-state index in [-0.39, 0.29) is 16.2 Å². The van der Waals surface area contributed by atoms with E-state index >= 15 is 0 Å². The summed E-state index contributed by atoms with van der Waals surface area (Å²) in [6.45, 7) is 14.0. The van der Waals surface area contributed by atoms with Gasteiger partial charge in [-0.2, -0.15) is 0 Å². The highest BCUT2D eigenvalue weighted by atomic mass is 15.1. The molecule has 0 amide bonds. The van der Waals surface area contributed by atoms with Crippen LogP contribution in [0, 0.1) is 0 Å². The molecule has 0 N–H and O–H groups in total. The van der Waals surface area contributed by atoms with Gasteiger partial charge in [0.05, 0.1) is 0 Å². The fourth-order valence-electron chi connectivity index (χ4n) is 11.8. The van der Waals surface area contributed by atoms with Gasteiger partial charge in [0.25, 0.3) is 0 Å². The van der Waals surface area contributed by atoms with Gasteiger partial charge in [0.1, 0.15) is 0 Å². The SMILES string of the molecule is CC1(C)c2ccccc2-c2cc(/C=C/c3ccc(N(c4ccc(/C=C/c5ccc6c(c5)-c5ccccc5C6(C)C)cc4)c4ccc(/C=C/c5ccc6c(c5)-c5ccccc5C6(C)C)cc4)cc3)ccc21. The quantitative estimate of drug-likeness (QED) is 0.131. The number of hydrogen-bond donors (Lipinski definition) is 0. The summed E-state index contributed by atoms with van der Waals surface area (Å²) in [5, 5.41) is 0. The first kappa shape index (κ1) is 43.3. The zero-order valence-corrected chi connectivity index (χ0v) is 41.0. The lowest BCUT2D eigenvalue weighted by atomic mass is 9.82. The van der Waals surface area contributed by atoms with Crippen LogP contribution in [0.1, 0.15) is 108 Å². The molecular weight excluding hydrogens is 843 g/mol. The molecule has 0 unspecified atom stereocenters. The number of benzene rings is 9. The van der Waals surface area contributed by atoms with Crippen molar-refractivity contribution in [1.82, 2.24) is 0 Å². The number of hydrogen-bond acceptors (Lipinski definition) is 1. The molecule has 12 rings (SSSR count). The minimum absolute atomic E-state index is 0.00600. The lowest BCUT2D eigenvalue weighted by Gasteiger charge is -2.26. The Morgan fingerprint density at radius 3 is 0.757 bits per heavy atom. The molecule has 0 fully saturated rings. The molecule has 0 spiro atoms. The van der Waals surface area contributed by atoms with Gasteiger partial charge in [-0.25, -0.2) is 0 Å². The van der Waals surface area contributed by atoms with Crippen LogP contribution in [0.5, 0.6) is 0 Å². The highest BCUT2D eigenvalue weighted by Crippen LogP contribution is 2.51. The Bertz CT molecular complexity index is 3210. The minimum Gasteiger partial charge on any atom is -0.311 e. The van der Waals surface area contributed by atoms with Crippen molar-refractivity contribution < 1.29 is 0 Å². The van der Waals surface area contributed by atoms with Crippen LogP contribution in [-0.4, -0.2) is 0 Å². The molecule has 3 aliphatic rings. The Morgan fingerprint density at radius 2 is 0.471 bits per heavy atom. The molecule has 0 saturated carbocycles. The lowest BCUT2D eigenvalue weighted by Crippen LogP contribution is -2.14. The molecule has 0 bridgehead atoms. The van der Waals surface area contributed by atoms with Crippen molar-refractivity contribution in [2.75, 3.05) is 4.90 Å². The molecule has 0 aliphatic heterocycles. The largest absolute Gasteiger partial charge is 0.311 e. The molecule has 0 heterocycles. The first-order valence-electron chi connectivity index (χ1n) is 24.8. The van der Waals surface area contributed by atoms with Crippen LogP contribution in [0.2, 0.25) is 0 Å². The summed E-state index contributed by atoms with van der Waals surface area (Å²) >= 11 is 0. The average molecular weight is 900 g/mol. The van der Waals surface area contributed by atoms with Gasteiger partial charge in [-0.05, 0) is 155 Å². The predicted octanol–water partition coefficient (Wildman–Crippen LogP) is 18.6. The maximum absolute atomic E-state index is 2.35. The van der Waals surface area contributed by atoms with Gasteiger partial charge in [-0.3, -0.25) is 0 Å². The van der Waals surface area contributed by atoms with Crippen LogP contribution in [0.25, 0.3) is 69.8 Å². The van der Waals surface area contributed by atoms with Crippen LogP contribution in [0.15, 0.2) is 200 Å². The Morgan fingerprint density at radius 1 is 0.243 bits per heavy atom. The first-order chi connectivity index (χ1) is 33.9. The molecule has 9 aromatic carbocycles. The highest BCUT2D eigenvalue weighted by Gasteiger charge is 2.37. The molecule has 1 heteroatoms. The normalized spacial score (nSPS) is 15.2. The van der Waals surface area contributed by atoms with Crippen molar-refractivity contribution in [3.05, 3.63) is 267 Å². The summed E-state index contributed by atoms with van der Waals surface area (Å²) in [6.07, 6.45) is 13.4. The average Bonchev–Trinajstić information content (AvgIpc) is 3.87. The summed E-state index contributed by atoms with van der Waals surface area (Å²) in [6, 6.07) is 74.1. The van der Waals surface area contributed by atoms with Crippen molar-refractivity contribution in [2.24, 2.45) is 0 Å². The molecule has 0 aromatic heterocycles. The summed E-state index contributed by atoms with van der Waals surface area (Å²) in [4.78, 5) is 2.35. The Balaban J connectivity index is 0.826. The van der Waals surface area contributed by atoms with E-state index in [1.165, 1.54) is 83.5 Å². The number of nitrogens with zero attached hydrogens (tertiary/aromatic N) is 1. The molecule has 1 nitrogen and oxygen atoms in total. The van der Waals surface area contributed by atoms with Crippen LogP contribution in [0.4, 0.5) is 17.1 Å². The number of fused-ring (bicyclic) bond motifs is 9. The smallest absolute Gasteiger partial charge is 0.0462 e. The predicted molar refractivity (Wildman–Crippen MR) is 300 cm³/mol. The fourth-order valence-corrected chi connectivity index (χ4v) is 11.8. The summed E-state index contributed by atoms with van der Waals surface area (Å²) in [7, 11) is 0.